The molecule has 3 heterocycles. The Morgan fingerprint density at radius 2 is 1.93 bits per heavy atom. The van der Waals surface area contributed by atoms with Crippen molar-refractivity contribution < 1.29 is 19.0 Å². The number of benzene rings is 1. The largest absolute Gasteiger partial charge is 0.447 e. The van der Waals surface area contributed by atoms with E-state index in [1.165, 1.54) is 11.0 Å². The van der Waals surface area contributed by atoms with Gasteiger partial charge < -0.3 is 14.7 Å². The lowest BCUT2D eigenvalue weighted by Gasteiger charge is -2.28. The lowest BCUT2D eigenvalue weighted by molar-refractivity contribution is 0.0362. The van der Waals surface area contributed by atoms with Crippen LogP contribution < -0.4 is 4.90 Å². The molecule has 1 N–H and O–H groups in total. The van der Waals surface area contributed by atoms with Gasteiger partial charge in [0.25, 0.3) is 0 Å². The SMILES string of the molecule is Cc1nc(N2CCSCC2)ccc1-c1ccc(C(O)N2CCOC2=O)cc1F. The van der Waals surface area contributed by atoms with Gasteiger partial charge in [-0.15, -0.1) is 0 Å². The van der Waals surface area contributed by atoms with E-state index >= 15 is 0 Å². The standard InChI is InChI=1S/C20H22FN3O3S/c1-13-15(4-5-18(22-13)23-7-10-28-11-8-23)16-3-2-14(12-17(16)21)19(25)24-6-9-27-20(24)26/h2-5,12,19,25H,6-11H2,1H3. The second kappa shape index (κ2) is 7.97. The molecule has 0 radical (unpaired) electrons. The number of anilines is 1. The number of aryl methyl sites for hydroxylation is 1. The van der Waals surface area contributed by atoms with Crippen molar-refractivity contribution in [3.05, 3.63) is 47.4 Å². The van der Waals surface area contributed by atoms with Gasteiger partial charge in [-0.1, -0.05) is 12.1 Å². The molecule has 1 unspecified atom stereocenters. The van der Waals surface area contributed by atoms with Crippen LogP contribution in [0, 0.1) is 12.7 Å². The Bertz CT molecular complexity index is 889. The first-order chi connectivity index (χ1) is 13.5. The van der Waals surface area contributed by atoms with Gasteiger partial charge in [-0.25, -0.2) is 14.2 Å². The van der Waals surface area contributed by atoms with Gasteiger partial charge >= 0.3 is 6.09 Å². The maximum Gasteiger partial charge on any atom is 0.412 e. The molecule has 1 atom stereocenters. The van der Waals surface area contributed by atoms with Gasteiger partial charge in [0.05, 0.1) is 6.54 Å². The van der Waals surface area contributed by atoms with E-state index in [2.05, 4.69) is 9.88 Å². The number of nitrogens with zero attached hydrogens (tertiary/aromatic N) is 3. The number of carbonyl (C=O) groups is 1. The van der Waals surface area contributed by atoms with Crippen molar-refractivity contribution >= 4 is 23.7 Å². The van der Waals surface area contributed by atoms with E-state index in [-0.39, 0.29) is 13.2 Å². The van der Waals surface area contributed by atoms with Gasteiger partial charge in [-0.3, -0.25) is 4.90 Å². The molecule has 2 saturated heterocycles. The van der Waals surface area contributed by atoms with Crippen LogP contribution in [0.15, 0.2) is 30.3 Å². The maximum absolute atomic E-state index is 14.8. The number of hydrogen-bond acceptors (Lipinski definition) is 6. The summed E-state index contributed by atoms with van der Waals surface area (Å²) in [6.07, 6.45) is -1.82. The zero-order valence-electron chi connectivity index (χ0n) is 15.6. The fourth-order valence-corrected chi connectivity index (χ4v) is 4.42. The number of aromatic nitrogens is 1. The molecular formula is C20H22FN3O3S. The fraction of sp³-hybridized carbons (Fsp3) is 0.400. The van der Waals surface area contributed by atoms with E-state index in [0.29, 0.717) is 16.7 Å². The van der Waals surface area contributed by atoms with Crippen molar-refractivity contribution in [2.75, 3.05) is 42.6 Å². The number of pyridine rings is 1. The minimum absolute atomic E-state index is 0.226. The van der Waals surface area contributed by atoms with E-state index in [9.17, 15) is 14.3 Å². The number of aliphatic hydroxyl groups excluding tert-OH is 1. The van der Waals surface area contributed by atoms with Crippen molar-refractivity contribution in [3.8, 4) is 11.1 Å². The van der Waals surface area contributed by atoms with Gasteiger partial charge in [0.1, 0.15) is 18.2 Å². The monoisotopic (exact) mass is 403 g/mol. The number of carbonyl (C=O) groups excluding carboxylic acids is 1. The first-order valence-electron chi connectivity index (χ1n) is 9.26. The Labute approximate surface area is 167 Å². The Balaban J connectivity index is 1.58. The lowest BCUT2D eigenvalue weighted by atomic mass is 10.0. The minimum atomic E-state index is -1.22. The van der Waals surface area contributed by atoms with Crippen molar-refractivity contribution in [2.45, 2.75) is 13.2 Å². The summed E-state index contributed by atoms with van der Waals surface area (Å²) in [5, 5.41) is 10.4. The highest BCUT2D eigenvalue weighted by Crippen LogP contribution is 2.31. The van der Waals surface area contributed by atoms with Crippen LogP contribution in [0.4, 0.5) is 15.0 Å². The van der Waals surface area contributed by atoms with E-state index in [0.717, 1.165) is 36.1 Å². The predicted octanol–water partition coefficient (Wildman–Crippen LogP) is 3.19. The van der Waals surface area contributed by atoms with Crippen molar-refractivity contribution in [3.63, 3.8) is 0 Å². The summed E-state index contributed by atoms with van der Waals surface area (Å²) < 4.78 is 19.7. The predicted molar refractivity (Wildman–Crippen MR) is 107 cm³/mol. The quantitative estimate of drug-likeness (QED) is 0.846. The van der Waals surface area contributed by atoms with Crippen LogP contribution >= 0.6 is 11.8 Å². The number of rotatable bonds is 4. The minimum Gasteiger partial charge on any atom is -0.447 e. The van der Waals surface area contributed by atoms with Crippen molar-refractivity contribution in [1.82, 2.24) is 9.88 Å². The molecule has 2 fully saturated rings. The molecule has 0 bridgehead atoms. The number of hydrogen-bond donors (Lipinski definition) is 1. The summed E-state index contributed by atoms with van der Waals surface area (Å²) in [6.45, 7) is 4.32. The van der Waals surface area contributed by atoms with Gasteiger partial charge in [0.2, 0.25) is 0 Å². The van der Waals surface area contributed by atoms with Gasteiger partial charge in [0.15, 0.2) is 6.23 Å². The molecule has 2 aliphatic rings. The second-order valence-electron chi connectivity index (χ2n) is 6.82. The average molecular weight is 403 g/mol. The van der Waals surface area contributed by atoms with Crippen LogP contribution in [0.3, 0.4) is 0 Å². The third-order valence-corrected chi connectivity index (χ3v) is 6.02. The zero-order valence-corrected chi connectivity index (χ0v) is 16.4. The summed E-state index contributed by atoms with van der Waals surface area (Å²) in [7, 11) is 0. The zero-order chi connectivity index (χ0) is 19.7. The molecule has 28 heavy (non-hydrogen) atoms. The van der Waals surface area contributed by atoms with Gasteiger partial charge in [-0.05, 0) is 25.1 Å². The highest BCUT2D eigenvalue weighted by Gasteiger charge is 2.29. The Morgan fingerprint density at radius 3 is 2.57 bits per heavy atom. The molecule has 8 heteroatoms. The average Bonchev–Trinajstić information content (AvgIpc) is 3.14. The topological polar surface area (TPSA) is 65.9 Å². The number of halogens is 1. The molecule has 0 spiro atoms. The van der Waals surface area contributed by atoms with E-state index < -0.39 is 18.1 Å². The highest BCUT2D eigenvalue weighted by molar-refractivity contribution is 7.99. The molecule has 1 aromatic heterocycles. The molecule has 2 aliphatic heterocycles. The molecule has 148 valence electrons. The smallest absolute Gasteiger partial charge is 0.412 e. The molecule has 6 nitrogen and oxygen atoms in total. The van der Waals surface area contributed by atoms with Crippen LogP contribution in [0.25, 0.3) is 11.1 Å². The molecule has 0 saturated carbocycles. The van der Waals surface area contributed by atoms with E-state index in [4.69, 9.17) is 4.74 Å². The number of cyclic esters (lactones) is 1. The van der Waals surface area contributed by atoms with Crippen LogP contribution in [0.5, 0.6) is 0 Å². The third-order valence-electron chi connectivity index (χ3n) is 5.08. The summed E-state index contributed by atoms with van der Waals surface area (Å²) in [4.78, 5) is 19.7. The van der Waals surface area contributed by atoms with Crippen LogP contribution in [0.2, 0.25) is 0 Å². The molecule has 1 amide bonds. The van der Waals surface area contributed by atoms with Crippen molar-refractivity contribution in [2.24, 2.45) is 0 Å². The Hall–Kier alpha value is -2.32. The first-order valence-corrected chi connectivity index (χ1v) is 10.4. The second-order valence-corrected chi connectivity index (χ2v) is 8.05. The third kappa shape index (κ3) is 3.66. The molecule has 0 aliphatic carbocycles. The molecule has 2 aromatic rings. The summed E-state index contributed by atoms with van der Waals surface area (Å²) >= 11 is 1.94. The summed E-state index contributed by atoms with van der Waals surface area (Å²) in [5.41, 5.74) is 2.21. The van der Waals surface area contributed by atoms with E-state index in [1.54, 1.807) is 12.1 Å². The van der Waals surface area contributed by atoms with Crippen LogP contribution in [-0.4, -0.2) is 58.8 Å². The maximum atomic E-state index is 14.8. The van der Waals surface area contributed by atoms with Crippen LogP contribution in [-0.2, 0) is 4.74 Å². The normalized spacial score (nSPS) is 18.3. The molecule has 1 aromatic carbocycles. The van der Waals surface area contributed by atoms with Gasteiger partial charge in [0, 0.05) is 47.0 Å². The molecular weight excluding hydrogens is 381 g/mol. The van der Waals surface area contributed by atoms with Gasteiger partial charge in [-0.2, -0.15) is 11.8 Å². The van der Waals surface area contributed by atoms with Crippen LogP contribution in [0.1, 0.15) is 17.5 Å². The number of thioether (sulfide) groups is 1. The Kier molecular flexibility index (Phi) is 5.41. The highest BCUT2D eigenvalue weighted by atomic mass is 32.2. The number of amides is 1. The first kappa shape index (κ1) is 19.0. The lowest BCUT2D eigenvalue weighted by Crippen LogP contribution is -2.33. The number of aliphatic hydroxyl groups is 1. The Morgan fingerprint density at radius 1 is 1.18 bits per heavy atom. The van der Waals surface area contributed by atoms with E-state index in [1.807, 2.05) is 30.8 Å². The summed E-state index contributed by atoms with van der Waals surface area (Å²) in [5.74, 6) is 2.63. The fourth-order valence-electron chi connectivity index (χ4n) is 3.52. The number of ether oxygens (including phenoxy) is 1. The molecule has 4 rings (SSSR count). The summed E-state index contributed by atoms with van der Waals surface area (Å²) in [6, 6.07) is 8.34. The van der Waals surface area contributed by atoms with Crippen molar-refractivity contribution in [1.29, 1.82) is 0 Å².